The molecule has 0 aliphatic heterocycles. The van der Waals surface area contributed by atoms with E-state index in [-0.39, 0.29) is 5.84 Å². The second-order valence-electron chi connectivity index (χ2n) is 4.65. The fraction of sp³-hybridized carbons (Fsp3) is 0.846. The number of amidine groups is 1. The third kappa shape index (κ3) is 6.59. The number of aliphatic carboxylic acids is 1. The molecule has 0 saturated heterocycles. The van der Waals surface area contributed by atoms with E-state index < -0.39 is 12.0 Å². The first kappa shape index (κ1) is 16.9. The van der Waals surface area contributed by atoms with Crippen LogP contribution in [0.3, 0.4) is 0 Å². The van der Waals surface area contributed by atoms with Crippen LogP contribution in [0.4, 0.5) is 0 Å². The minimum absolute atomic E-state index is 0.268. The molecule has 0 aromatic rings. The maximum atomic E-state index is 11.2. The van der Waals surface area contributed by atoms with Crippen LogP contribution < -0.4 is 5.73 Å². The van der Waals surface area contributed by atoms with Crippen molar-refractivity contribution in [3.63, 3.8) is 0 Å². The van der Waals surface area contributed by atoms with Crippen molar-refractivity contribution in [2.45, 2.75) is 58.4 Å². The van der Waals surface area contributed by atoms with Gasteiger partial charge in [-0.2, -0.15) is 0 Å². The molecule has 0 heterocycles. The van der Waals surface area contributed by atoms with Gasteiger partial charge in [-0.3, -0.25) is 15.1 Å². The number of unbranched alkanes of at least 4 members (excludes halogenated alkanes) is 4. The first-order valence-corrected chi connectivity index (χ1v) is 6.85. The number of carboxylic acid groups (broad SMARTS) is 1. The van der Waals surface area contributed by atoms with Crippen LogP contribution in [-0.2, 0) is 4.79 Å². The van der Waals surface area contributed by atoms with Gasteiger partial charge >= 0.3 is 5.97 Å². The molecule has 0 aromatic heterocycles. The lowest BCUT2D eigenvalue weighted by atomic mass is 10.1. The average molecular weight is 257 g/mol. The number of carboxylic acids is 1. The SMILES string of the molecule is CCCCCN(CCCCC)C(C(=N)N)C(=O)O. The number of rotatable bonds is 11. The van der Waals surface area contributed by atoms with E-state index in [1.165, 1.54) is 0 Å². The Labute approximate surface area is 110 Å². The number of nitrogens with zero attached hydrogens (tertiary/aromatic N) is 1. The van der Waals surface area contributed by atoms with E-state index in [9.17, 15) is 4.79 Å². The summed E-state index contributed by atoms with van der Waals surface area (Å²) >= 11 is 0. The van der Waals surface area contributed by atoms with E-state index in [1.54, 1.807) is 0 Å². The molecular formula is C13H27N3O2. The molecule has 5 heteroatoms. The van der Waals surface area contributed by atoms with Gasteiger partial charge in [-0.05, 0) is 25.9 Å². The van der Waals surface area contributed by atoms with Gasteiger partial charge in [-0.1, -0.05) is 39.5 Å². The van der Waals surface area contributed by atoms with Gasteiger partial charge in [0.1, 0.15) is 5.84 Å². The number of nitrogens with two attached hydrogens (primary N) is 1. The highest BCUT2D eigenvalue weighted by Gasteiger charge is 2.27. The standard InChI is InChI=1S/C13H27N3O2/c1-3-5-7-9-16(10-8-6-4-2)11(12(14)15)13(17)18/h11H,3-10H2,1-2H3,(H3,14,15)(H,17,18). The van der Waals surface area contributed by atoms with Crippen LogP contribution in [0.5, 0.6) is 0 Å². The number of hydrogen-bond donors (Lipinski definition) is 3. The molecule has 18 heavy (non-hydrogen) atoms. The Morgan fingerprint density at radius 2 is 1.61 bits per heavy atom. The fourth-order valence-corrected chi connectivity index (χ4v) is 1.99. The highest BCUT2D eigenvalue weighted by Crippen LogP contribution is 2.07. The van der Waals surface area contributed by atoms with Crippen molar-refractivity contribution in [1.82, 2.24) is 4.90 Å². The lowest BCUT2D eigenvalue weighted by molar-refractivity contribution is -0.140. The van der Waals surface area contributed by atoms with Crippen LogP contribution >= 0.6 is 0 Å². The molecule has 0 aliphatic rings. The predicted octanol–water partition coefficient (Wildman–Crippen LogP) is 2.06. The maximum absolute atomic E-state index is 11.2. The van der Waals surface area contributed by atoms with Crippen molar-refractivity contribution in [1.29, 1.82) is 5.41 Å². The lowest BCUT2D eigenvalue weighted by Crippen LogP contribution is -2.50. The van der Waals surface area contributed by atoms with Crippen molar-refractivity contribution in [3.8, 4) is 0 Å². The quantitative estimate of drug-likeness (QED) is 0.300. The minimum atomic E-state index is -1.02. The van der Waals surface area contributed by atoms with Crippen LogP contribution in [0.1, 0.15) is 52.4 Å². The van der Waals surface area contributed by atoms with Crippen LogP contribution in [0.15, 0.2) is 0 Å². The molecule has 0 saturated carbocycles. The van der Waals surface area contributed by atoms with E-state index in [0.717, 1.165) is 38.5 Å². The van der Waals surface area contributed by atoms with Gasteiger partial charge in [-0.25, -0.2) is 0 Å². The second-order valence-corrected chi connectivity index (χ2v) is 4.65. The van der Waals surface area contributed by atoms with Gasteiger partial charge in [0.2, 0.25) is 0 Å². The Hall–Kier alpha value is -1.10. The monoisotopic (exact) mass is 257 g/mol. The summed E-state index contributed by atoms with van der Waals surface area (Å²) in [5.41, 5.74) is 5.41. The molecule has 0 aliphatic carbocycles. The molecule has 5 nitrogen and oxygen atoms in total. The van der Waals surface area contributed by atoms with Crippen LogP contribution in [0.25, 0.3) is 0 Å². The third-order valence-corrected chi connectivity index (χ3v) is 2.99. The van der Waals surface area contributed by atoms with Gasteiger partial charge in [0.15, 0.2) is 6.04 Å². The zero-order valence-electron chi connectivity index (χ0n) is 11.6. The fourth-order valence-electron chi connectivity index (χ4n) is 1.99. The van der Waals surface area contributed by atoms with Crippen molar-refractivity contribution in [2.24, 2.45) is 5.73 Å². The first-order chi connectivity index (χ1) is 8.54. The van der Waals surface area contributed by atoms with Gasteiger partial charge in [0, 0.05) is 0 Å². The summed E-state index contributed by atoms with van der Waals surface area (Å²) in [6, 6.07) is -0.960. The maximum Gasteiger partial charge on any atom is 0.328 e. The first-order valence-electron chi connectivity index (χ1n) is 6.85. The summed E-state index contributed by atoms with van der Waals surface area (Å²) < 4.78 is 0. The Kier molecular flexibility index (Phi) is 9.28. The summed E-state index contributed by atoms with van der Waals surface area (Å²) in [7, 11) is 0. The van der Waals surface area contributed by atoms with Crippen LogP contribution in [0.2, 0.25) is 0 Å². The van der Waals surface area contributed by atoms with E-state index >= 15 is 0 Å². The molecule has 0 aromatic carbocycles. The number of carbonyl (C=O) groups is 1. The molecule has 1 atom stereocenters. The number of nitrogens with one attached hydrogen (secondary N) is 1. The second kappa shape index (κ2) is 9.88. The molecule has 0 fully saturated rings. The summed E-state index contributed by atoms with van der Waals surface area (Å²) in [5, 5.41) is 16.6. The molecular weight excluding hydrogens is 230 g/mol. The van der Waals surface area contributed by atoms with Gasteiger partial charge in [0.05, 0.1) is 0 Å². The number of hydrogen-bond acceptors (Lipinski definition) is 3. The minimum Gasteiger partial charge on any atom is -0.480 e. The van der Waals surface area contributed by atoms with Crippen molar-refractivity contribution >= 4 is 11.8 Å². The molecule has 1 unspecified atom stereocenters. The van der Waals surface area contributed by atoms with Gasteiger partial charge in [0.25, 0.3) is 0 Å². The van der Waals surface area contributed by atoms with E-state index in [1.807, 2.05) is 4.90 Å². The summed E-state index contributed by atoms with van der Waals surface area (Å²) in [6.07, 6.45) is 6.27. The van der Waals surface area contributed by atoms with Crippen LogP contribution in [-0.4, -0.2) is 40.9 Å². The summed E-state index contributed by atoms with van der Waals surface area (Å²) in [4.78, 5) is 13.0. The van der Waals surface area contributed by atoms with Crippen LogP contribution in [0, 0.1) is 5.41 Å². The largest absolute Gasteiger partial charge is 0.480 e. The Morgan fingerprint density at radius 3 is 1.89 bits per heavy atom. The van der Waals surface area contributed by atoms with Crippen molar-refractivity contribution < 1.29 is 9.90 Å². The van der Waals surface area contributed by atoms with Crippen molar-refractivity contribution in [2.75, 3.05) is 13.1 Å². The molecule has 0 amide bonds. The molecule has 0 spiro atoms. The zero-order valence-corrected chi connectivity index (χ0v) is 11.6. The Balaban J connectivity index is 4.48. The highest BCUT2D eigenvalue weighted by molar-refractivity contribution is 6.01. The van der Waals surface area contributed by atoms with Gasteiger partial charge in [-0.15, -0.1) is 0 Å². The smallest absolute Gasteiger partial charge is 0.328 e. The lowest BCUT2D eigenvalue weighted by Gasteiger charge is -2.27. The molecule has 0 bridgehead atoms. The Bertz CT molecular complexity index is 233. The Morgan fingerprint density at radius 1 is 1.17 bits per heavy atom. The molecule has 0 rings (SSSR count). The average Bonchev–Trinajstić information content (AvgIpc) is 2.28. The van der Waals surface area contributed by atoms with Gasteiger partial charge < -0.3 is 10.8 Å². The van der Waals surface area contributed by atoms with Crippen molar-refractivity contribution in [3.05, 3.63) is 0 Å². The normalized spacial score (nSPS) is 12.6. The molecule has 4 N–H and O–H groups in total. The highest BCUT2D eigenvalue weighted by atomic mass is 16.4. The third-order valence-electron chi connectivity index (χ3n) is 2.99. The summed E-state index contributed by atoms with van der Waals surface area (Å²) in [6.45, 7) is 5.63. The molecule has 106 valence electrons. The van der Waals surface area contributed by atoms with E-state index in [4.69, 9.17) is 16.2 Å². The topological polar surface area (TPSA) is 90.4 Å². The predicted molar refractivity (Wildman–Crippen MR) is 74.0 cm³/mol. The van der Waals surface area contributed by atoms with E-state index in [0.29, 0.717) is 13.1 Å². The van der Waals surface area contributed by atoms with E-state index in [2.05, 4.69) is 13.8 Å². The molecule has 0 radical (unpaired) electrons. The zero-order chi connectivity index (χ0) is 14.0. The summed E-state index contributed by atoms with van der Waals surface area (Å²) in [5.74, 6) is -1.29.